The smallest absolute Gasteiger partial charge is 0.476 e. The van der Waals surface area contributed by atoms with Crippen LogP contribution in [0.5, 0.6) is 5.75 Å². The molecule has 1 fully saturated rings. The zero-order chi connectivity index (χ0) is 25.6. The van der Waals surface area contributed by atoms with E-state index in [9.17, 15) is 4.79 Å². The fraction of sp³-hybridized carbons (Fsp3) is 0.708. The Balaban J connectivity index is 1.84. The molecule has 194 valence electrons. The molecule has 1 aromatic rings. The van der Waals surface area contributed by atoms with Crippen molar-refractivity contribution in [2.75, 3.05) is 39.5 Å². The lowest BCUT2D eigenvalue weighted by molar-refractivity contribution is -0.00430. The number of carbonyl (C=O) groups is 1. The van der Waals surface area contributed by atoms with Crippen LogP contribution in [0.15, 0.2) is 24.3 Å². The molecular formula is C24H45NO6Si3. The van der Waals surface area contributed by atoms with Crippen LogP contribution in [0.1, 0.15) is 30.6 Å². The molecule has 0 unspecified atom stereocenters. The van der Waals surface area contributed by atoms with Crippen molar-refractivity contribution >= 4 is 31.2 Å². The number of morpholine rings is 1. The zero-order valence-corrected chi connectivity index (χ0v) is 25.7. The second kappa shape index (κ2) is 11.9. The normalized spacial score (nSPS) is 16.5. The Kier molecular flexibility index (Phi) is 10.3. The summed E-state index contributed by atoms with van der Waals surface area (Å²) in [6.07, 6.45) is 0.734. The molecule has 0 saturated carbocycles. The number of hydrogen-bond acceptors (Lipinski definition) is 7. The van der Waals surface area contributed by atoms with Gasteiger partial charge in [-0.05, 0) is 77.4 Å². The summed E-state index contributed by atoms with van der Waals surface area (Å²) in [5.74, 6) is 0.862. The highest BCUT2D eigenvalue weighted by molar-refractivity contribution is 6.85. The lowest BCUT2D eigenvalue weighted by Gasteiger charge is -2.39. The number of nitrogens with zero attached hydrogens (tertiary/aromatic N) is 1. The number of benzene rings is 1. The molecule has 34 heavy (non-hydrogen) atoms. The van der Waals surface area contributed by atoms with Crippen molar-refractivity contribution < 1.29 is 26.9 Å². The van der Waals surface area contributed by atoms with E-state index < -0.39 is 31.0 Å². The van der Waals surface area contributed by atoms with Crippen molar-refractivity contribution in [3.8, 4) is 5.75 Å². The first kappa shape index (κ1) is 29.4. The van der Waals surface area contributed by atoms with Crippen LogP contribution in [0.3, 0.4) is 0 Å². The van der Waals surface area contributed by atoms with E-state index in [0.717, 1.165) is 25.3 Å². The molecule has 1 heterocycles. The van der Waals surface area contributed by atoms with Crippen LogP contribution < -0.4 is 4.74 Å². The van der Waals surface area contributed by atoms with Gasteiger partial charge in [-0.15, -0.1) is 0 Å². The van der Waals surface area contributed by atoms with Crippen molar-refractivity contribution in [3.63, 3.8) is 0 Å². The molecule has 10 heteroatoms. The predicted molar refractivity (Wildman–Crippen MR) is 144 cm³/mol. The molecule has 1 saturated heterocycles. The van der Waals surface area contributed by atoms with Gasteiger partial charge in [0.2, 0.25) is 0 Å². The summed E-state index contributed by atoms with van der Waals surface area (Å²) in [4.78, 5) is 15.3. The largest absolute Gasteiger partial charge is 0.494 e. The molecule has 2 rings (SSSR count). The monoisotopic (exact) mass is 527 g/mol. The molecule has 1 aliphatic heterocycles. The van der Waals surface area contributed by atoms with E-state index >= 15 is 0 Å². The minimum Gasteiger partial charge on any atom is -0.494 e. The fourth-order valence-corrected chi connectivity index (χ4v) is 14.4. The highest BCUT2D eigenvalue weighted by Gasteiger charge is 2.43. The molecule has 0 atom stereocenters. The first-order chi connectivity index (χ1) is 15.6. The van der Waals surface area contributed by atoms with Crippen molar-refractivity contribution in [1.29, 1.82) is 0 Å². The van der Waals surface area contributed by atoms with Crippen LogP contribution in [0.4, 0.5) is 0 Å². The zero-order valence-electron chi connectivity index (χ0n) is 22.7. The van der Waals surface area contributed by atoms with Crippen LogP contribution in [0.25, 0.3) is 0 Å². The highest BCUT2D eigenvalue weighted by Crippen LogP contribution is 2.24. The lowest BCUT2D eigenvalue weighted by Crippen LogP contribution is -2.54. The van der Waals surface area contributed by atoms with E-state index in [4.69, 9.17) is 22.1 Å². The van der Waals surface area contributed by atoms with E-state index in [-0.39, 0.29) is 5.78 Å². The number of Topliss-reactive ketones (excluding diaryl/α,β-unsaturated/α-hetero) is 1. The maximum atomic E-state index is 13.1. The Labute approximate surface area is 209 Å². The number of ether oxygens (including phenoxy) is 2. The van der Waals surface area contributed by atoms with E-state index in [1.54, 1.807) is 0 Å². The lowest BCUT2D eigenvalue weighted by atomic mass is 9.91. The van der Waals surface area contributed by atoms with Gasteiger partial charge >= 0.3 is 8.80 Å². The molecule has 0 spiro atoms. The minimum absolute atomic E-state index is 0.114. The maximum Gasteiger partial charge on any atom is 0.476 e. The van der Waals surface area contributed by atoms with Gasteiger partial charge in [0, 0.05) is 38.2 Å². The third kappa shape index (κ3) is 9.65. The third-order valence-corrected chi connectivity index (χ3v) is 14.0. The van der Waals surface area contributed by atoms with Gasteiger partial charge in [0.15, 0.2) is 22.4 Å². The quantitative estimate of drug-likeness (QED) is 0.202. The van der Waals surface area contributed by atoms with E-state index in [0.29, 0.717) is 32.0 Å². The van der Waals surface area contributed by atoms with E-state index in [1.165, 1.54) is 0 Å². The Morgan fingerprint density at radius 1 is 0.912 bits per heavy atom. The summed E-state index contributed by atoms with van der Waals surface area (Å²) in [5, 5.41) is 0. The van der Waals surface area contributed by atoms with E-state index in [1.807, 2.05) is 44.7 Å². The van der Waals surface area contributed by atoms with E-state index in [2.05, 4.69) is 44.2 Å². The maximum absolute atomic E-state index is 13.1. The molecule has 7 nitrogen and oxygen atoms in total. The summed E-state index contributed by atoms with van der Waals surface area (Å²) in [6.45, 7) is 22.9. The Bertz CT molecular complexity index is 767. The number of hydrogen-bond donors (Lipinski definition) is 0. The molecule has 0 bridgehead atoms. The van der Waals surface area contributed by atoms with Crippen molar-refractivity contribution in [1.82, 2.24) is 4.90 Å². The Morgan fingerprint density at radius 2 is 1.44 bits per heavy atom. The van der Waals surface area contributed by atoms with Crippen molar-refractivity contribution in [2.24, 2.45) is 0 Å². The average Bonchev–Trinajstić information content (AvgIpc) is 2.71. The second-order valence-electron chi connectivity index (χ2n) is 11.4. The Morgan fingerprint density at radius 3 is 1.94 bits per heavy atom. The standard InChI is InChI=1S/C24H45NO6Si3/c1-24(2,25-15-19-27-20-16-25)23(26)21-11-13-22(14-12-21)28-17-10-18-29-34(9,30-32(3,4)5)31-33(6,7)8/h11-14H,10,15-20H2,1-9H3. The van der Waals surface area contributed by atoms with Gasteiger partial charge in [0.25, 0.3) is 0 Å². The molecule has 0 N–H and O–H groups in total. The summed E-state index contributed by atoms with van der Waals surface area (Å²) in [7, 11) is -6.26. The minimum atomic E-state index is -2.68. The second-order valence-corrected chi connectivity index (χ2v) is 23.4. The van der Waals surface area contributed by atoms with Gasteiger partial charge in [0.1, 0.15) is 5.75 Å². The van der Waals surface area contributed by atoms with Gasteiger partial charge in [-0.25, -0.2) is 0 Å². The first-order valence-electron chi connectivity index (χ1n) is 12.3. The predicted octanol–water partition coefficient (Wildman–Crippen LogP) is 5.04. The van der Waals surface area contributed by atoms with Crippen LogP contribution in [0, 0.1) is 0 Å². The van der Waals surface area contributed by atoms with Crippen LogP contribution in [-0.2, 0) is 17.4 Å². The van der Waals surface area contributed by atoms with Gasteiger partial charge in [-0.2, -0.15) is 0 Å². The van der Waals surface area contributed by atoms with Crippen molar-refractivity contribution in [3.05, 3.63) is 29.8 Å². The fourth-order valence-electron chi connectivity index (χ4n) is 4.02. The average molecular weight is 528 g/mol. The molecule has 0 aliphatic carbocycles. The molecule has 1 aliphatic rings. The number of rotatable bonds is 13. The summed E-state index contributed by atoms with van der Waals surface area (Å²) >= 11 is 0. The summed E-state index contributed by atoms with van der Waals surface area (Å²) in [5.41, 5.74) is 0.136. The van der Waals surface area contributed by atoms with Gasteiger partial charge in [0.05, 0.1) is 25.4 Å². The molecule has 0 amide bonds. The molecule has 0 radical (unpaired) electrons. The van der Waals surface area contributed by atoms with Crippen LogP contribution in [-0.4, -0.2) is 81.2 Å². The number of carbonyl (C=O) groups excluding carboxylic acids is 1. The van der Waals surface area contributed by atoms with Gasteiger partial charge < -0.3 is 22.1 Å². The molecular weight excluding hydrogens is 483 g/mol. The Hall–Kier alpha value is -0.859. The number of ketones is 1. The van der Waals surface area contributed by atoms with Gasteiger partial charge in [-0.3, -0.25) is 9.69 Å². The van der Waals surface area contributed by atoms with Gasteiger partial charge in [-0.1, -0.05) is 0 Å². The highest BCUT2D eigenvalue weighted by atomic mass is 28.5. The first-order valence-corrected chi connectivity index (χ1v) is 21.3. The molecule has 0 aromatic heterocycles. The summed E-state index contributed by atoms with van der Waals surface area (Å²) in [6, 6.07) is 7.43. The molecule has 1 aromatic carbocycles. The third-order valence-electron chi connectivity index (χ3n) is 5.38. The summed E-state index contributed by atoms with van der Waals surface area (Å²) < 4.78 is 30.2. The van der Waals surface area contributed by atoms with Crippen LogP contribution in [0.2, 0.25) is 45.8 Å². The van der Waals surface area contributed by atoms with Crippen LogP contribution >= 0.6 is 0 Å². The van der Waals surface area contributed by atoms with Crippen molar-refractivity contribution in [2.45, 2.75) is 71.6 Å². The SMILES string of the molecule is CC(C)(C(=O)c1ccc(OCCCO[Si](C)(O[Si](C)(C)C)O[Si](C)(C)C)cc1)N1CCOCC1. The topological polar surface area (TPSA) is 66.5 Å².